The molecule has 9 nitrogen and oxygen atoms in total. The maximum absolute atomic E-state index is 13.3. The molecule has 1 aliphatic heterocycles. The molecule has 158 valence electrons. The molecule has 30 heavy (non-hydrogen) atoms. The van der Waals surface area contributed by atoms with Crippen molar-refractivity contribution in [1.82, 2.24) is 14.8 Å². The van der Waals surface area contributed by atoms with Gasteiger partial charge in [0.25, 0.3) is 5.91 Å². The Bertz CT molecular complexity index is 1030. The van der Waals surface area contributed by atoms with Gasteiger partial charge in [0.05, 0.1) is 7.11 Å². The van der Waals surface area contributed by atoms with Crippen molar-refractivity contribution in [3.05, 3.63) is 41.7 Å². The number of aliphatic imine (C=N–C) groups is 1. The smallest absolute Gasteiger partial charge is 0.273 e. The van der Waals surface area contributed by atoms with Crippen LogP contribution in [0.4, 0.5) is 5.82 Å². The number of ether oxygens (including phenoxy) is 1. The first-order chi connectivity index (χ1) is 14.3. The fraction of sp³-hybridized carbons (Fsp3) is 0.333. The first-order valence-corrected chi connectivity index (χ1v) is 9.60. The summed E-state index contributed by atoms with van der Waals surface area (Å²) in [5, 5.41) is 1.45. The molecule has 1 aromatic heterocycles. The van der Waals surface area contributed by atoms with Gasteiger partial charge in [-0.05, 0) is 42.7 Å². The summed E-state index contributed by atoms with van der Waals surface area (Å²) in [7, 11) is 1.58. The SMILES string of the molecule is COc1ccc2c(C(=O)N3CCN(C(C)=O)CC3)nc(N=C(N)/C=C(/C)N)cc2c1. The van der Waals surface area contributed by atoms with Gasteiger partial charge in [-0.25, -0.2) is 9.98 Å². The number of fused-ring (bicyclic) bond motifs is 1. The Morgan fingerprint density at radius 1 is 1.10 bits per heavy atom. The number of methoxy groups -OCH3 is 1. The van der Waals surface area contributed by atoms with E-state index in [2.05, 4.69) is 9.98 Å². The number of nitrogens with zero attached hydrogens (tertiary/aromatic N) is 4. The molecule has 4 N–H and O–H groups in total. The first-order valence-electron chi connectivity index (χ1n) is 9.60. The van der Waals surface area contributed by atoms with Crippen molar-refractivity contribution in [1.29, 1.82) is 0 Å². The van der Waals surface area contributed by atoms with E-state index < -0.39 is 0 Å². The summed E-state index contributed by atoms with van der Waals surface area (Å²) in [5.74, 6) is 0.944. The fourth-order valence-corrected chi connectivity index (χ4v) is 3.34. The molecule has 1 fully saturated rings. The van der Waals surface area contributed by atoms with Crippen LogP contribution in [-0.2, 0) is 4.79 Å². The molecule has 2 amide bonds. The van der Waals surface area contributed by atoms with Crippen LogP contribution in [0.25, 0.3) is 10.8 Å². The number of hydrogen-bond donors (Lipinski definition) is 2. The van der Waals surface area contributed by atoms with Crippen LogP contribution in [-0.4, -0.2) is 65.7 Å². The standard InChI is InChI=1S/C21H26N6O3/c1-13(22)10-18(23)24-19-12-15-11-16(30-3)4-5-17(15)20(25-19)21(29)27-8-6-26(7-9-27)14(2)28/h4-5,10-12H,6-9,22H2,1-3H3,(H2,23,24,25)/b13-10-. The number of carbonyl (C=O) groups excluding carboxylic acids is 2. The third-order valence-electron chi connectivity index (χ3n) is 4.86. The topological polar surface area (TPSA) is 127 Å². The summed E-state index contributed by atoms with van der Waals surface area (Å²) < 4.78 is 5.31. The summed E-state index contributed by atoms with van der Waals surface area (Å²) in [4.78, 5) is 37.0. The summed E-state index contributed by atoms with van der Waals surface area (Å²) in [6.07, 6.45) is 1.53. The lowest BCUT2D eigenvalue weighted by molar-refractivity contribution is -0.130. The molecule has 1 saturated heterocycles. The van der Waals surface area contributed by atoms with Gasteiger partial charge in [-0.3, -0.25) is 9.59 Å². The summed E-state index contributed by atoms with van der Waals surface area (Å²) >= 11 is 0. The van der Waals surface area contributed by atoms with Crippen LogP contribution in [0.2, 0.25) is 0 Å². The Labute approximate surface area is 175 Å². The van der Waals surface area contributed by atoms with Crippen molar-refractivity contribution >= 4 is 34.2 Å². The molecular formula is C21H26N6O3. The molecule has 0 atom stereocenters. The maximum Gasteiger partial charge on any atom is 0.273 e. The number of carbonyl (C=O) groups is 2. The van der Waals surface area contributed by atoms with Gasteiger partial charge in [0, 0.05) is 44.2 Å². The Morgan fingerprint density at radius 3 is 2.37 bits per heavy atom. The summed E-state index contributed by atoms with van der Waals surface area (Å²) in [6, 6.07) is 7.16. The Hall–Kier alpha value is -3.62. The molecule has 0 bridgehead atoms. The Kier molecular flexibility index (Phi) is 6.20. The van der Waals surface area contributed by atoms with Crippen LogP contribution >= 0.6 is 0 Å². The minimum atomic E-state index is -0.213. The molecule has 1 aromatic carbocycles. The lowest BCUT2D eigenvalue weighted by atomic mass is 10.1. The van der Waals surface area contributed by atoms with E-state index in [0.717, 1.165) is 5.39 Å². The second kappa shape index (κ2) is 8.81. The molecule has 9 heteroatoms. The van der Waals surface area contributed by atoms with E-state index in [9.17, 15) is 9.59 Å². The highest BCUT2D eigenvalue weighted by atomic mass is 16.5. The van der Waals surface area contributed by atoms with Crippen molar-refractivity contribution in [2.24, 2.45) is 16.5 Å². The van der Waals surface area contributed by atoms with Crippen molar-refractivity contribution in [3.8, 4) is 5.75 Å². The largest absolute Gasteiger partial charge is 0.497 e. The quantitative estimate of drug-likeness (QED) is 0.579. The summed E-state index contributed by atoms with van der Waals surface area (Å²) in [5.41, 5.74) is 12.4. The highest BCUT2D eigenvalue weighted by Crippen LogP contribution is 2.27. The zero-order valence-electron chi connectivity index (χ0n) is 17.4. The van der Waals surface area contributed by atoms with Crippen molar-refractivity contribution in [2.75, 3.05) is 33.3 Å². The fourth-order valence-electron chi connectivity index (χ4n) is 3.34. The van der Waals surface area contributed by atoms with Crippen molar-refractivity contribution < 1.29 is 14.3 Å². The van der Waals surface area contributed by atoms with Crippen LogP contribution in [0, 0.1) is 0 Å². The highest BCUT2D eigenvalue weighted by Gasteiger charge is 2.26. The predicted molar refractivity (Wildman–Crippen MR) is 116 cm³/mol. The van der Waals surface area contributed by atoms with Gasteiger partial charge in [-0.15, -0.1) is 0 Å². The molecule has 0 spiro atoms. The molecular weight excluding hydrogens is 384 g/mol. The maximum atomic E-state index is 13.3. The second-order valence-corrected chi connectivity index (χ2v) is 7.14. The van der Waals surface area contributed by atoms with E-state index in [-0.39, 0.29) is 23.3 Å². The predicted octanol–water partition coefficient (Wildman–Crippen LogP) is 1.40. The molecule has 0 aliphatic carbocycles. The number of nitrogens with two attached hydrogens (primary N) is 2. The minimum absolute atomic E-state index is 0.00725. The third kappa shape index (κ3) is 4.68. The van der Waals surface area contributed by atoms with Gasteiger partial charge in [-0.1, -0.05) is 0 Å². The lowest BCUT2D eigenvalue weighted by Gasteiger charge is -2.34. The van der Waals surface area contributed by atoms with Crippen molar-refractivity contribution in [3.63, 3.8) is 0 Å². The Balaban J connectivity index is 2.02. The monoisotopic (exact) mass is 410 g/mol. The average molecular weight is 410 g/mol. The van der Waals surface area contributed by atoms with Crippen LogP contribution in [0.15, 0.2) is 41.0 Å². The van der Waals surface area contributed by atoms with Crippen molar-refractivity contribution in [2.45, 2.75) is 13.8 Å². The van der Waals surface area contributed by atoms with E-state index in [0.29, 0.717) is 48.8 Å². The number of rotatable bonds is 4. The third-order valence-corrected chi connectivity index (χ3v) is 4.86. The lowest BCUT2D eigenvalue weighted by Crippen LogP contribution is -2.50. The number of amidine groups is 1. The van der Waals surface area contributed by atoms with Crippen LogP contribution in [0.1, 0.15) is 24.3 Å². The normalized spacial score (nSPS) is 15.4. The van der Waals surface area contributed by atoms with Gasteiger partial charge in [-0.2, -0.15) is 0 Å². The Morgan fingerprint density at radius 2 is 1.77 bits per heavy atom. The van der Waals surface area contributed by atoms with Gasteiger partial charge >= 0.3 is 0 Å². The number of pyridine rings is 1. The zero-order valence-corrected chi connectivity index (χ0v) is 17.4. The van der Waals surface area contributed by atoms with Crippen LogP contribution in [0.3, 0.4) is 0 Å². The molecule has 0 saturated carbocycles. The number of amides is 2. The zero-order chi connectivity index (χ0) is 21.8. The van der Waals surface area contributed by atoms with Crippen LogP contribution in [0.5, 0.6) is 5.75 Å². The number of piperazine rings is 1. The molecule has 2 aromatic rings. The minimum Gasteiger partial charge on any atom is -0.497 e. The van der Waals surface area contributed by atoms with Crippen LogP contribution < -0.4 is 16.2 Å². The molecule has 3 rings (SSSR count). The number of hydrogen-bond acceptors (Lipinski definition) is 6. The second-order valence-electron chi connectivity index (χ2n) is 7.14. The van der Waals surface area contributed by atoms with E-state index in [1.54, 1.807) is 42.0 Å². The average Bonchev–Trinajstić information content (AvgIpc) is 2.71. The van der Waals surface area contributed by atoms with Gasteiger partial charge < -0.3 is 26.0 Å². The van der Waals surface area contributed by atoms with E-state index >= 15 is 0 Å². The highest BCUT2D eigenvalue weighted by molar-refractivity contribution is 6.06. The molecule has 0 radical (unpaired) electrons. The first kappa shape index (κ1) is 21.1. The number of allylic oxidation sites excluding steroid dienone is 1. The van der Waals surface area contributed by atoms with E-state index in [1.165, 1.54) is 13.0 Å². The van der Waals surface area contributed by atoms with Gasteiger partial charge in [0.15, 0.2) is 5.82 Å². The number of aromatic nitrogens is 1. The van der Waals surface area contributed by atoms with E-state index in [1.807, 2.05) is 6.07 Å². The van der Waals surface area contributed by atoms with Gasteiger partial charge in [0.2, 0.25) is 5.91 Å². The molecule has 1 aliphatic rings. The van der Waals surface area contributed by atoms with Gasteiger partial charge in [0.1, 0.15) is 17.3 Å². The molecule has 2 heterocycles. The van der Waals surface area contributed by atoms with E-state index in [4.69, 9.17) is 16.2 Å². The molecule has 0 unspecified atom stereocenters. The summed E-state index contributed by atoms with van der Waals surface area (Å²) in [6.45, 7) is 5.13. The number of benzene rings is 1.